The van der Waals surface area contributed by atoms with Gasteiger partial charge in [0.1, 0.15) is 0 Å². The Kier molecular flexibility index (Phi) is 4.67. The van der Waals surface area contributed by atoms with Crippen molar-refractivity contribution in [1.29, 1.82) is 0 Å². The zero-order valence-corrected chi connectivity index (χ0v) is 13.6. The first-order valence-corrected chi connectivity index (χ1v) is 8.41. The van der Waals surface area contributed by atoms with Gasteiger partial charge in [-0.25, -0.2) is 4.98 Å². The summed E-state index contributed by atoms with van der Waals surface area (Å²) in [5.74, 6) is 1.57. The summed E-state index contributed by atoms with van der Waals surface area (Å²) in [6, 6.07) is 0.294. The zero-order valence-electron chi connectivity index (χ0n) is 12.8. The molecule has 0 aliphatic heterocycles. The highest BCUT2D eigenvalue weighted by Gasteiger charge is 2.31. The fourth-order valence-electron chi connectivity index (χ4n) is 3.32. The molecule has 1 heterocycles. The molecule has 2 nitrogen and oxygen atoms in total. The SMILES string of the molecule is Cc1nc(CC(N)C2CCC(C(C)(C)C)CC2)cs1. The lowest BCUT2D eigenvalue weighted by atomic mass is 9.68. The van der Waals surface area contributed by atoms with Crippen LogP contribution in [0.2, 0.25) is 0 Å². The van der Waals surface area contributed by atoms with Gasteiger partial charge in [-0.2, -0.15) is 0 Å². The third kappa shape index (κ3) is 4.03. The van der Waals surface area contributed by atoms with Crippen molar-refractivity contribution >= 4 is 11.3 Å². The molecule has 1 atom stereocenters. The van der Waals surface area contributed by atoms with E-state index < -0.39 is 0 Å². The second kappa shape index (κ2) is 5.92. The number of hydrogen-bond donors (Lipinski definition) is 1. The third-order valence-corrected chi connectivity index (χ3v) is 5.54. The van der Waals surface area contributed by atoms with E-state index in [1.165, 1.54) is 31.4 Å². The molecule has 1 fully saturated rings. The first-order chi connectivity index (χ1) is 8.86. The number of nitrogens with zero attached hydrogens (tertiary/aromatic N) is 1. The van der Waals surface area contributed by atoms with Crippen LogP contribution in [0.3, 0.4) is 0 Å². The molecule has 108 valence electrons. The van der Waals surface area contributed by atoms with Crippen LogP contribution in [0.1, 0.15) is 57.2 Å². The Hall–Kier alpha value is -0.410. The Morgan fingerprint density at radius 1 is 1.32 bits per heavy atom. The van der Waals surface area contributed by atoms with Crippen LogP contribution < -0.4 is 5.73 Å². The molecular weight excluding hydrogens is 252 g/mol. The van der Waals surface area contributed by atoms with E-state index in [-0.39, 0.29) is 0 Å². The minimum atomic E-state index is 0.294. The molecule has 2 rings (SSSR count). The lowest BCUT2D eigenvalue weighted by molar-refractivity contribution is 0.139. The van der Waals surface area contributed by atoms with E-state index in [1.54, 1.807) is 11.3 Å². The van der Waals surface area contributed by atoms with Gasteiger partial charge in [-0.3, -0.25) is 0 Å². The molecule has 0 amide bonds. The van der Waals surface area contributed by atoms with Crippen LogP contribution in [0.5, 0.6) is 0 Å². The summed E-state index contributed by atoms with van der Waals surface area (Å²) in [5, 5.41) is 3.31. The van der Waals surface area contributed by atoms with E-state index in [1.807, 2.05) is 0 Å². The van der Waals surface area contributed by atoms with E-state index in [2.05, 4.69) is 38.1 Å². The fraction of sp³-hybridized carbons (Fsp3) is 0.812. The van der Waals surface area contributed by atoms with Crippen LogP contribution in [0.25, 0.3) is 0 Å². The molecule has 1 saturated carbocycles. The highest BCUT2D eigenvalue weighted by atomic mass is 32.1. The summed E-state index contributed by atoms with van der Waals surface area (Å²) in [4.78, 5) is 4.54. The maximum Gasteiger partial charge on any atom is 0.0897 e. The molecule has 1 aromatic heterocycles. The number of rotatable bonds is 3. The Balaban J connectivity index is 1.84. The highest BCUT2D eigenvalue weighted by Crippen LogP contribution is 2.40. The van der Waals surface area contributed by atoms with E-state index >= 15 is 0 Å². The second-order valence-corrected chi connectivity index (χ2v) is 8.27. The molecule has 1 aromatic rings. The predicted octanol–water partition coefficient (Wildman–Crippen LogP) is 4.17. The van der Waals surface area contributed by atoms with E-state index in [0.29, 0.717) is 17.4 Å². The standard InChI is InChI=1S/C16H28N2S/c1-11-18-14(10-19-11)9-15(17)12-5-7-13(8-6-12)16(2,3)4/h10,12-13,15H,5-9,17H2,1-4H3. The van der Waals surface area contributed by atoms with E-state index in [0.717, 1.165) is 17.3 Å². The Labute approximate surface area is 121 Å². The lowest BCUT2D eigenvalue weighted by Gasteiger charge is -2.38. The molecule has 1 unspecified atom stereocenters. The molecule has 19 heavy (non-hydrogen) atoms. The highest BCUT2D eigenvalue weighted by molar-refractivity contribution is 7.09. The molecule has 0 bridgehead atoms. The van der Waals surface area contributed by atoms with Crippen molar-refractivity contribution in [3.8, 4) is 0 Å². The quantitative estimate of drug-likeness (QED) is 0.902. The van der Waals surface area contributed by atoms with Gasteiger partial charge in [-0.05, 0) is 49.9 Å². The molecule has 0 aromatic carbocycles. The summed E-state index contributed by atoms with van der Waals surface area (Å²) in [6.45, 7) is 9.18. The van der Waals surface area contributed by atoms with Crippen molar-refractivity contribution in [3.05, 3.63) is 16.1 Å². The average molecular weight is 280 g/mol. The van der Waals surface area contributed by atoms with Gasteiger partial charge in [-0.1, -0.05) is 20.8 Å². The van der Waals surface area contributed by atoms with Gasteiger partial charge in [0.25, 0.3) is 0 Å². The normalized spacial score (nSPS) is 26.4. The topological polar surface area (TPSA) is 38.9 Å². The van der Waals surface area contributed by atoms with Crippen LogP contribution in [0.4, 0.5) is 0 Å². The smallest absolute Gasteiger partial charge is 0.0897 e. The lowest BCUT2D eigenvalue weighted by Crippen LogP contribution is -2.37. The minimum Gasteiger partial charge on any atom is -0.327 e. The number of aromatic nitrogens is 1. The van der Waals surface area contributed by atoms with Crippen molar-refractivity contribution in [2.75, 3.05) is 0 Å². The van der Waals surface area contributed by atoms with Gasteiger partial charge in [0.2, 0.25) is 0 Å². The van der Waals surface area contributed by atoms with Gasteiger partial charge in [0.15, 0.2) is 0 Å². The van der Waals surface area contributed by atoms with Gasteiger partial charge < -0.3 is 5.73 Å². The number of thiazole rings is 1. The maximum absolute atomic E-state index is 6.41. The van der Waals surface area contributed by atoms with Gasteiger partial charge in [0, 0.05) is 17.8 Å². The van der Waals surface area contributed by atoms with Crippen molar-refractivity contribution in [3.63, 3.8) is 0 Å². The Morgan fingerprint density at radius 2 is 1.95 bits per heavy atom. The second-order valence-electron chi connectivity index (χ2n) is 7.20. The van der Waals surface area contributed by atoms with Crippen molar-refractivity contribution < 1.29 is 0 Å². The Morgan fingerprint density at radius 3 is 2.42 bits per heavy atom. The van der Waals surface area contributed by atoms with Gasteiger partial charge in [-0.15, -0.1) is 11.3 Å². The first kappa shape index (κ1) is 15.0. The monoisotopic (exact) mass is 280 g/mol. The summed E-state index contributed by atoms with van der Waals surface area (Å²) in [7, 11) is 0. The predicted molar refractivity (Wildman–Crippen MR) is 83.4 cm³/mol. The molecular formula is C16H28N2S. The summed E-state index contributed by atoms with van der Waals surface area (Å²) in [6.07, 6.45) is 6.24. The number of nitrogens with two attached hydrogens (primary N) is 1. The average Bonchev–Trinajstić information content (AvgIpc) is 2.74. The van der Waals surface area contributed by atoms with E-state index in [4.69, 9.17) is 5.73 Å². The van der Waals surface area contributed by atoms with Crippen LogP contribution in [-0.2, 0) is 6.42 Å². The summed E-state index contributed by atoms with van der Waals surface area (Å²) in [5.41, 5.74) is 8.06. The molecule has 0 radical (unpaired) electrons. The number of hydrogen-bond acceptors (Lipinski definition) is 3. The summed E-state index contributed by atoms with van der Waals surface area (Å²) >= 11 is 1.73. The summed E-state index contributed by atoms with van der Waals surface area (Å²) < 4.78 is 0. The fourth-order valence-corrected chi connectivity index (χ4v) is 3.95. The van der Waals surface area contributed by atoms with Crippen molar-refractivity contribution in [2.45, 2.75) is 65.8 Å². The molecule has 1 aliphatic rings. The van der Waals surface area contributed by atoms with E-state index in [9.17, 15) is 0 Å². The molecule has 1 aliphatic carbocycles. The first-order valence-electron chi connectivity index (χ1n) is 7.53. The minimum absolute atomic E-state index is 0.294. The Bertz CT molecular complexity index is 397. The molecule has 0 saturated heterocycles. The van der Waals surface area contributed by atoms with Crippen LogP contribution in [-0.4, -0.2) is 11.0 Å². The molecule has 2 N–H and O–H groups in total. The zero-order chi connectivity index (χ0) is 14.0. The van der Waals surface area contributed by atoms with Crippen molar-refractivity contribution in [1.82, 2.24) is 4.98 Å². The maximum atomic E-state index is 6.41. The van der Waals surface area contributed by atoms with Crippen molar-refractivity contribution in [2.24, 2.45) is 23.0 Å². The number of aryl methyl sites for hydroxylation is 1. The van der Waals surface area contributed by atoms with Crippen LogP contribution >= 0.6 is 11.3 Å². The molecule has 0 spiro atoms. The largest absolute Gasteiger partial charge is 0.327 e. The van der Waals surface area contributed by atoms with Crippen LogP contribution in [0.15, 0.2) is 5.38 Å². The third-order valence-electron chi connectivity index (χ3n) is 4.71. The molecule has 3 heteroatoms. The van der Waals surface area contributed by atoms with Gasteiger partial charge >= 0.3 is 0 Å². The van der Waals surface area contributed by atoms with Gasteiger partial charge in [0.05, 0.1) is 10.7 Å². The van der Waals surface area contributed by atoms with Crippen LogP contribution in [0, 0.1) is 24.2 Å².